The van der Waals surface area contributed by atoms with Crippen molar-refractivity contribution in [2.24, 2.45) is 9.98 Å². The topological polar surface area (TPSA) is 89.6 Å². The Morgan fingerprint density at radius 2 is 0.693 bits per heavy atom. The monoisotopic (exact) mass is 1180 g/mol. The van der Waals surface area contributed by atoms with Crippen LogP contribution in [0.3, 0.4) is 0 Å². The summed E-state index contributed by atoms with van der Waals surface area (Å²) in [4.78, 5) is 22.7. The second kappa shape index (κ2) is 33.8. The molecular weight excluding hydrogens is 1080 g/mol. The molecule has 0 spiro atoms. The van der Waals surface area contributed by atoms with Gasteiger partial charge in [0.2, 0.25) is 0 Å². The molecule has 0 fully saturated rings. The number of ether oxygens (including phenoxy) is 2. The fourth-order valence-electron chi connectivity index (χ4n) is 10.8. The fraction of sp³-hybridized carbons (Fsp3) is 0.500. The molecule has 2 aliphatic heterocycles. The molecule has 2 aliphatic rings. The van der Waals surface area contributed by atoms with Gasteiger partial charge in [0.1, 0.15) is 17.3 Å². The van der Waals surface area contributed by atoms with E-state index in [1.165, 1.54) is 128 Å². The number of benzene rings is 5. The van der Waals surface area contributed by atoms with Gasteiger partial charge in [0, 0.05) is 56.6 Å². The van der Waals surface area contributed by atoms with E-state index in [1.54, 1.807) is 0 Å². The first kappa shape index (κ1) is 68.1. The molecule has 0 saturated carbocycles. The molecule has 7 rings (SSSR count). The zero-order chi connectivity index (χ0) is 62.8. The first-order chi connectivity index (χ1) is 42.4. The quantitative estimate of drug-likeness (QED) is 0.0260. The van der Waals surface area contributed by atoms with Gasteiger partial charge in [-0.25, -0.2) is 0 Å². The molecule has 0 N–H and O–H groups in total. The summed E-state index contributed by atoms with van der Waals surface area (Å²) in [7, 11) is 0. The second-order valence-corrected chi connectivity index (χ2v) is 26.3. The number of hydrogen-bond acceptors (Lipinski definition) is 7. The lowest BCUT2D eigenvalue weighted by atomic mass is 9.84. The van der Waals surface area contributed by atoms with Gasteiger partial charge in [-0.3, -0.25) is 4.99 Å². The fourth-order valence-corrected chi connectivity index (χ4v) is 10.8. The first-order valence-corrected chi connectivity index (χ1v) is 33.5. The third kappa shape index (κ3) is 19.8. The minimum Gasteiger partial charge on any atom is -0.757 e. The molecule has 0 bridgehead atoms. The predicted octanol–water partition coefficient (Wildman–Crippen LogP) is 19.7. The number of aliphatic imine (C=N–C) groups is 2. The lowest BCUT2D eigenvalue weighted by Crippen LogP contribution is -2.50. The van der Waals surface area contributed by atoms with Gasteiger partial charge in [-0.2, -0.15) is 0 Å². The summed E-state index contributed by atoms with van der Waals surface area (Å²) in [6.07, 6.45) is 30.7. The van der Waals surface area contributed by atoms with Crippen LogP contribution in [0.5, 0.6) is 11.5 Å². The molecule has 0 amide bonds. The van der Waals surface area contributed by atoms with E-state index >= 15 is 0 Å². The Balaban J connectivity index is 1.07. The van der Waals surface area contributed by atoms with Crippen molar-refractivity contribution in [3.05, 3.63) is 175 Å². The maximum atomic E-state index is 13.2. The van der Waals surface area contributed by atoms with Gasteiger partial charge in [0.15, 0.2) is 11.1 Å². The molecule has 5 aromatic rings. The van der Waals surface area contributed by atoms with Crippen molar-refractivity contribution < 1.29 is 14.2 Å². The van der Waals surface area contributed by atoms with Crippen LogP contribution in [0.25, 0.3) is 0 Å². The van der Waals surface area contributed by atoms with E-state index in [-0.39, 0.29) is 0 Å². The van der Waals surface area contributed by atoms with Gasteiger partial charge in [0.25, 0.3) is 0 Å². The largest absolute Gasteiger partial charge is 0.757 e. The van der Waals surface area contributed by atoms with E-state index < -0.39 is 22.2 Å². The average Bonchev–Trinajstić information content (AvgIpc) is 2.23. The predicted molar refractivity (Wildman–Crippen MR) is 367 cm³/mol. The maximum absolute atomic E-state index is 13.2. The molecule has 0 aliphatic carbocycles. The van der Waals surface area contributed by atoms with Gasteiger partial charge in [-0.15, -0.1) is 0 Å². The van der Waals surface area contributed by atoms with Gasteiger partial charge in [-0.05, 0) is 158 Å². The smallest absolute Gasteiger partial charge is 0.364 e. The van der Waals surface area contributed by atoms with Crippen LogP contribution in [-0.2, 0) is 0 Å². The number of nitroso groups, excluding NO2 is 1. The van der Waals surface area contributed by atoms with E-state index in [0.717, 1.165) is 91.1 Å². The Morgan fingerprint density at radius 3 is 0.989 bits per heavy atom. The van der Waals surface area contributed by atoms with Crippen molar-refractivity contribution in [1.82, 2.24) is 5.06 Å². The van der Waals surface area contributed by atoms with Crippen molar-refractivity contribution >= 4 is 11.7 Å². The van der Waals surface area contributed by atoms with Gasteiger partial charge in [0.05, 0.1) is 35.4 Å². The highest BCUT2D eigenvalue weighted by molar-refractivity contribution is 6.01. The molecule has 5 aromatic carbocycles. The van der Waals surface area contributed by atoms with Gasteiger partial charge in [-0.1, -0.05) is 225 Å². The van der Waals surface area contributed by atoms with Crippen LogP contribution in [0.4, 0.5) is 0 Å². The first-order valence-electron chi connectivity index (χ1n) is 33.5. The summed E-state index contributed by atoms with van der Waals surface area (Å²) in [5.74, 6) is 29.3. The highest BCUT2D eigenvalue weighted by atomic mass is 16.5. The third-order valence-electron chi connectivity index (χ3n) is 18.2. The van der Waals surface area contributed by atoms with Crippen LogP contribution in [0.1, 0.15) is 279 Å². The molecule has 8 heteroatoms. The second-order valence-electron chi connectivity index (χ2n) is 26.3. The average molecular weight is 1180 g/mol. The highest BCUT2D eigenvalue weighted by Gasteiger charge is 2.59. The number of unbranched alkanes of at least 4 members (excludes halogenated alkanes) is 22. The molecule has 0 radical (unpaired) electrons. The molecule has 0 saturated heterocycles. The molecule has 0 aromatic heterocycles. The van der Waals surface area contributed by atoms with Crippen molar-refractivity contribution in [2.45, 2.75) is 245 Å². The number of hydrogen-bond donors (Lipinski definition) is 0. The zero-order valence-corrected chi connectivity index (χ0v) is 55.2. The van der Waals surface area contributed by atoms with Crippen LogP contribution in [0.15, 0.2) is 119 Å². The minimum atomic E-state index is -0.638. The summed E-state index contributed by atoms with van der Waals surface area (Å²) < 4.78 is 14.4. The van der Waals surface area contributed by atoms with E-state index in [2.05, 4.69) is 61.2 Å². The molecule has 2 heterocycles. The Kier molecular flexibility index (Phi) is 26.2. The van der Waals surface area contributed by atoms with Crippen LogP contribution in [-0.4, -0.2) is 56.9 Å². The summed E-state index contributed by atoms with van der Waals surface area (Å²) in [5, 5.41) is 14.2. The Hall–Kier alpha value is -7.36. The zero-order valence-electron chi connectivity index (χ0n) is 55.2. The Labute approximate surface area is 530 Å². The van der Waals surface area contributed by atoms with Crippen LogP contribution in [0.2, 0.25) is 0 Å². The molecule has 464 valence electrons. The van der Waals surface area contributed by atoms with Crippen LogP contribution < -0.4 is 9.47 Å². The molecular formula is C80H100N4O4. The summed E-state index contributed by atoms with van der Waals surface area (Å²) in [5.41, 5.74) is 6.01. The Bertz CT molecular complexity index is 3370. The van der Waals surface area contributed by atoms with Crippen molar-refractivity contribution in [1.29, 1.82) is 0 Å². The van der Waals surface area contributed by atoms with Crippen LogP contribution >= 0.6 is 0 Å². The molecule has 0 atom stereocenters. The van der Waals surface area contributed by atoms with Crippen molar-refractivity contribution in [3.63, 3.8) is 0 Å². The molecule has 88 heavy (non-hydrogen) atoms. The van der Waals surface area contributed by atoms with Gasteiger partial charge < -0.3 is 19.7 Å². The number of nitrogens with zero attached hydrogens (tertiary/aromatic N) is 4. The lowest BCUT2D eigenvalue weighted by Gasteiger charge is -2.45. The van der Waals surface area contributed by atoms with Crippen LogP contribution in [0, 0.1) is 57.5 Å². The third-order valence-corrected chi connectivity index (χ3v) is 18.2. The number of rotatable bonds is 30. The highest BCUT2D eigenvalue weighted by Crippen LogP contribution is 2.39. The standard InChI is InChI=1S/C80H100N4O4/c1-11-13-15-17-19-21-23-25-27-29-31-33-59-87-73-61-72(58-52-66-43-37-64(38-44-66)40-46-68-49-55-70(56-50-68)76-82-78(5,6)80(9,10)84(76)86)74(88-60-34-32-30-28-26-24-22-20-18-16-14-12-2)62-71(73)57-51-65-41-35-63(36-42-65)39-45-67-47-53-69(54-48-67)75-81-77(3,4)79(7,8)83(75)85/h35-38,41-44,47-50,53-56,61-62H,11-34,59-60H2,1-10H3. The van der Waals surface area contributed by atoms with Gasteiger partial charge >= 0.3 is 5.84 Å². The SMILES string of the molecule is CCCCCCCCCCCCCCOc1cc(C#Cc2ccc(C#Cc3ccc(C4=NC(C)(C)C(C)(C)[N+]4=O)cc3)cc2)c(OCCCCCCCCCCCCCC)cc1C#Cc1ccc(C#Cc2ccc(C3=NC(C)(C)C(C)(C)N3[O-])cc2)cc1. The van der Waals surface area contributed by atoms with E-state index in [1.807, 2.05) is 165 Å². The van der Waals surface area contributed by atoms with E-state index in [0.29, 0.717) is 36.4 Å². The molecule has 0 unspecified atom stereocenters. The number of hydroxylamine groups is 2. The lowest BCUT2D eigenvalue weighted by molar-refractivity contribution is -0.514. The van der Waals surface area contributed by atoms with Crippen molar-refractivity contribution in [3.8, 4) is 58.9 Å². The summed E-state index contributed by atoms with van der Waals surface area (Å²) >= 11 is 0. The Morgan fingerprint density at radius 1 is 0.398 bits per heavy atom. The number of amidine groups is 2. The minimum absolute atomic E-state index is 0.457. The molecule has 8 nitrogen and oxygen atoms in total. The maximum Gasteiger partial charge on any atom is 0.364 e. The van der Waals surface area contributed by atoms with E-state index in [4.69, 9.17) is 19.5 Å². The van der Waals surface area contributed by atoms with Crippen molar-refractivity contribution in [2.75, 3.05) is 13.2 Å². The normalized spacial score (nSPS) is 14.9. The summed E-state index contributed by atoms with van der Waals surface area (Å²) in [6, 6.07) is 35.6. The summed E-state index contributed by atoms with van der Waals surface area (Å²) in [6.45, 7) is 21.5. The van der Waals surface area contributed by atoms with E-state index in [9.17, 15) is 10.1 Å².